The molecule has 0 aromatic heterocycles. The summed E-state index contributed by atoms with van der Waals surface area (Å²) in [5.74, 6) is 0.696. The van der Waals surface area contributed by atoms with Gasteiger partial charge >= 0.3 is 0 Å². The maximum atomic E-state index is 12.8. The highest BCUT2D eigenvalue weighted by atomic mass is 16.6. The van der Waals surface area contributed by atoms with Gasteiger partial charge in [0.05, 0.1) is 6.61 Å². The first kappa shape index (κ1) is 20.4. The topological polar surface area (TPSA) is 69.2 Å². The summed E-state index contributed by atoms with van der Waals surface area (Å²) in [5.41, 5.74) is 2.51. The van der Waals surface area contributed by atoms with Crippen LogP contribution < -0.4 is 10.1 Å². The molecule has 0 radical (unpaired) electrons. The van der Waals surface area contributed by atoms with Crippen molar-refractivity contribution in [1.82, 2.24) is 5.32 Å². The predicted octanol–water partition coefficient (Wildman–Crippen LogP) is 3.77. The highest BCUT2D eigenvalue weighted by molar-refractivity contribution is 6.39. The van der Waals surface area contributed by atoms with Crippen LogP contribution in [-0.4, -0.2) is 38.0 Å². The monoisotopic (exact) mass is 408 g/mol. The molecule has 1 fully saturated rings. The predicted molar refractivity (Wildman–Crippen MR) is 115 cm³/mol. The summed E-state index contributed by atoms with van der Waals surface area (Å²) in [6.07, 6.45) is 2.00. The van der Waals surface area contributed by atoms with Gasteiger partial charge in [-0.3, -0.25) is 4.79 Å². The van der Waals surface area contributed by atoms with Crippen molar-refractivity contribution in [3.8, 4) is 5.75 Å². The molecule has 1 saturated heterocycles. The smallest absolute Gasteiger partial charge is 0.269 e. The van der Waals surface area contributed by atoms with Crippen molar-refractivity contribution in [1.29, 1.82) is 0 Å². The van der Waals surface area contributed by atoms with Crippen molar-refractivity contribution in [2.24, 2.45) is 5.16 Å². The van der Waals surface area contributed by atoms with Gasteiger partial charge in [-0.2, -0.15) is 0 Å². The van der Waals surface area contributed by atoms with E-state index < -0.39 is 0 Å². The Morgan fingerprint density at radius 3 is 2.57 bits per heavy atom. The number of nitrogens with one attached hydrogen (secondary N) is 1. The van der Waals surface area contributed by atoms with E-state index in [1.165, 1.54) is 5.56 Å². The number of rotatable bonds is 7. The molecule has 2 aliphatic heterocycles. The van der Waals surface area contributed by atoms with E-state index in [0.717, 1.165) is 24.2 Å². The molecule has 1 unspecified atom stereocenters. The number of ether oxygens (including phenoxy) is 2. The molecule has 2 heterocycles. The van der Waals surface area contributed by atoms with Crippen LogP contribution in [0.2, 0.25) is 0 Å². The van der Waals surface area contributed by atoms with Crippen molar-refractivity contribution in [2.75, 3.05) is 26.4 Å². The number of nitrogens with zero attached hydrogens (tertiary/aromatic N) is 1. The number of carbonyl (C=O) groups is 1. The van der Waals surface area contributed by atoms with E-state index in [2.05, 4.69) is 22.6 Å². The summed E-state index contributed by atoms with van der Waals surface area (Å²) in [6.45, 7) is 4.52. The Bertz CT molecular complexity index is 874. The Hall–Kier alpha value is -2.86. The summed E-state index contributed by atoms with van der Waals surface area (Å²) in [5, 5.41) is 7.16. The van der Waals surface area contributed by atoms with Gasteiger partial charge in [0.25, 0.3) is 5.91 Å². The lowest BCUT2D eigenvalue weighted by atomic mass is 9.74. The number of hydrogen-bond acceptors (Lipinski definition) is 5. The van der Waals surface area contributed by atoms with Crippen LogP contribution in [0, 0.1) is 0 Å². The first-order valence-corrected chi connectivity index (χ1v) is 10.6. The SMILES string of the molecule is CCOc1ccc(C2(CNC(=O)C3=NOC(c4ccccc4)C3)CCOCC2)cc1. The summed E-state index contributed by atoms with van der Waals surface area (Å²) < 4.78 is 11.2. The highest BCUT2D eigenvalue weighted by Crippen LogP contribution is 2.35. The minimum Gasteiger partial charge on any atom is -0.494 e. The lowest BCUT2D eigenvalue weighted by molar-refractivity contribution is -0.115. The maximum Gasteiger partial charge on any atom is 0.269 e. The van der Waals surface area contributed by atoms with Gasteiger partial charge in [0.1, 0.15) is 11.5 Å². The Kier molecular flexibility index (Phi) is 6.33. The second-order valence-corrected chi connectivity index (χ2v) is 7.78. The van der Waals surface area contributed by atoms with Crippen LogP contribution in [0.4, 0.5) is 0 Å². The van der Waals surface area contributed by atoms with Crippen LogP contribution in [0.25, 0.3) is 0 Å². The molecule has 0 spiro atoms. The molecular weight excluding hydrogens is 380 g/mol. The molecule has 158 valence electrons. The van der Waals surface area contributed by atoms with Crippen LogP contribution in [0.1, 0.15) is 43.4 Å². The maximum absolute atomic E-state index is 12.8. The van der Waals surface area contributed by atoms with E-state index in [1.54, 1.807) is 0 Å². The number of carbonyl (C=O) groups excluding carboxylic acids is 1. The molecule has 2 aromatic carbocycles. The van der Waals surface area contributed by atoms with Crippen LogP contribution in [-0.2, 0) is 19.8 Å². The fraction of sp³-hybridized carbons (Fsp3) is 0.417. The third kappa shape index (κ3) is 4.49. The summed E-state index contributed by atoms with van der Waals surface area (Å²) in [7, 11) is 0. The van der Waals surface area contributed by atoms with Crippen molar-refractivity contribution in [2.45, 2.75) is 37.7 Å². The molecule has 1 N–H and O–H groups in total. The molecule has 0 saturated carbocycles. The van der Waals surface area contributed by atoms with Gasteiger partial charge in [-0.15, -0.1) is 0 Å². The number of oxime groups is 1. The molecule has 1 amide bonds. The lowest BCUT2D eigenvalue weighted by Gasteiger charge is -2.38. The molecule has 6 nitrogen and oxygen atoms in total. The van der Waals surface area contributed by atoms with Gasteiger partial charge in [0, 0.05) is 31.6 Å². The van der Waals surface area contributed by atoms with Crippen molar-refractivity contribution in [3.05, 3.63) is 65.7 Å². The Morgan fingerprint density at radius 2 is 1.87 bits per heavy atom. The van der Waals surface area contributed by atoms with Crippen molar-refractivity contribution in [3.63, 3.8) is 0 Å². The van der Waals surface area contributed by atoms with Crippen molar-refractivity contribution >= 4 is 11.6 Å². The van der Waals surface area contributed by atoms with Crippen LogP contribution in [0.15, 0.2) is 59.8 Å². The first-order chi connectivity index (χ1) is 14.7. The van der Waals surface area contributed by atoms with Crippen LogP contribution in [0.5, 0.6) is 5.75 Å². The van der Waals surface area contributed by atoms with Gasteiger partial charge in [-0.25, -0.2) is 0 Å². The quantitative estimate of drug-likeness (QED) is 0.757. The van der Waals surface area contributed by atoms with Gasteiger partial charge in [0.2, 0.25) is 0 Å². The molecule has 30 heavy (non-hydrogen) atoms. The normalized spacial score (nSPS) is 20.2. The van der Waals surface area contributed by atoms with Gasteiger partial charge in [-0.05, 0) is 43.0 Å². The second kappa shape index (κ2) is 9.30. The number of benzene rings is 2. The van der Waals surface area contributed by atoms with Crippen molar-refractivity contribution < 1.29 is 19.1 Å². The van der Waals surface area contributed by atoms with E-state index in [9.17, 15) is 4.79 Å². The third-order valence-electron chi connectivity index (χ3n) is 5.92. The molecule has 2 aromatic rings. The average Bonchev–Trinajstić information content (AvgIpc) is 3.30. The second-order valence-electron chi connectivity index (χ2n) is 7.78. The molecule has 6 heteroatoms. The number of hydrogen-bond donors (Lipinski definition) is 1. The molecule has 0 bridgehead atoms. The number of amides is 1. The van der Waals surface area contributed by atoms with E-state index >= 15 is 0 Å². The molecule has 2 aliphatic rings. The first-order valence-electron chi connectivity index (χ1n) is 10.6. The standard InChI is InChI=1S/C24H28N2O4/c1-2-29-20-10-8-19(9-11-20)24(12-14-28-15-13-24)17-25-23(27)21-16-22(30-26-21)18-6-4-3-5-7-18/h3-11,22H,2,12-17H2,1H3,(H,25,27). The zero-order valence-electron chi connectivity index (χ0n) is 17.3. The minimum atomic E-state index is -0.199. The molecule has 4 rings (SSSR count). The largest absolute Gasteiger partial charge is 0.494 e. The Labute approximate surface area is 177 Å². The molecular formula is C24H28N2O4. The minimum absolute atomic E-state index is 0.155. The fourth-order valence-electron chi connectivity index (χ4n) is 4.11. The summed E-state index contributed by atoms with van der Waals surface area (Å²) >= 11 is 0. The highest BCUT2D eigenvalue weighted by Gasteiger charge is 2.36. The fourth-order valence-corrected chi connectivity index (χ4v) is 4.11. The zero-order valence-corrected chi connectivity index (χ0v) is 17.3. The summed E-state index contributed by atoms with van der Waals surface area (Å²) in [6, 6.07) is 18.1. The Balaban J connectivity index is 1.41. The van der Waals surface area contributed by atoms with Gasteiger partial charge in [0.15, 0.2) is 6.10 Å². The van der Waals surface area contributed by atoms with E-state index in [0.29, 0.717) is 38.5 Å². The Morgan fingerprint density at radius 1 is 1.13 bits per heavy atom. The third-order valence-corrected chi connectivity index (χ3v) is 5.92. The van der Waals surface area contributed by atoms with E-state index in [1.807, 2.05) is 49.4 Å². The van der Waals surface area contributed by atoms with Crippen LogP contribution >= 0.6 is 0 Å². The van der Waals surface area contributed by atoms with Gasteiger partial charge in [-0.1, -0.05) is 47.6 Å². The van der Waals surface area contributed by atoms with Gasteiger partial charge < -0.3 is 19.6 Å². The van der Waals surface area contributed by atoms with Crippen LogP contribution in [0.3, 0.4) is 0 Å². The molecule has 1 atom stereocenters. The van der Waals surface area contributed by atoms with E-state index in [4.69, 9.17) is 14.3 Å². The zero-order chi connectivity index (χ0) is 20.8. The molecule has 0 aliphatic carbocycles. The lowest BCUT2D eigenvalue weighted by Crippen LogP contribution is -2.46. The summed E-state index contributed by atoms with van der Waals surface area (Å²) in [4.78, 5) is 18.3. The average molecular weight is 408 g/mol. The van der Waals surface area contributed by atoms with E-state index in [-0.39, 0.29) is 17.4 Å².